The second-order valence-electron chi connectivity index (χ2n) is 4.39. The Morgan fingerprint density at radius 2 is 2.30 bits per heavy atom. The van der Waals surface area contributed by atoms with Crippen molar-refractivity contribution < 1.29 is 19.2 Å². The summed E-state index contributed by atoms with van der Waals surface area (Å²) in [6, 6.07) is 5.29. The number of hydrogen-bond donors (Lipinski definition) is 2. The molecule has 2 aromatic heterocycles. The lowest BCUT2D eigenvalue weighted by Crippen LogP contribution is -2.17. The van der Waals surface area contributed by atoms with Crippen LogP contribution in [0.4, 0.5) is 5.82 Å². The van der Waals surface area contributed by atoms with Crippen molar-refractivity contribution in [1.82, 2.24) is 5.16 Å². The minimum absolute atomic E-state index is 0.0776. The van der Waals surface area contributed by atoms with Gasteiger partial charge in [-0.3, -0.25) is 9.59 Å². The number of carboxylic acid groups (broad SMARTS) is 1. The molecule has 2 rings (SSSR count). The van der Waals surface area contributed by atoms with Crippen molar-refractivity contribution in [2.45, 2.75) is 25.7 Å². The van der Waals surface area contributed by atoms with Gasteiger partial charge in [-0.15, -0.1) is 11.3 Å². The quantitative estimate of drug-likeness (QED) is 0.854. The van der Waals surface area contributed by atoms with Gasteiger partial charge < -0.3 is 14.9 Å². The van der Waals surface area contributed by atoms with Gasteiger partial charge in [0.1, 0.15) is 5.76 Å². The topological polar surface area (TPSA) is 92.4 Å². The summed E-state index contributed by atoms with van der Waals surface area (Å²) in [6.45, 7) is 1.72. The first kappa shape index (κ1) is 14.3. The van der Waals surface area contributed by atoms with Crippen molar-refractivity contribution >= 4 is 29.0 Å². The van der Waals surface area contributed by atoms with Crippen LogP contribution >= 0.6 is 11.3 Å². The van der Waals surface area contributed by atoms with Crippen LogP contribution < -0.4 is 5.32 Å². The maximum Gasteiger partial charge on any atom is 0.304 e. The van der Waals surface area contributed by atoms with Gasteiger partial charge in [0.05, 0.1) is 6.42 Å². The lowest BCUT2D eigenvalue weighted by Gasteiger charge is -2.12. The fraction of sp³-hybridized carbons (Fsp3) is 0.308. The van der Waals surface area contributed by atoms with Gasteiger partial charge in [-0.05, 0) is 18.4 Å². The first-order valence-electron chi connectivity index (χ1n) is 6.03. The van der Waals surface area contributed by atoms with Crippen LogP contribution in [-0.4, -0.2) is 22.1 Å². The van der Waals surface area contributed by atoms with Crippen molar-refractivity contribution in [3.05, 3.63) is 34.2 Å². The third-order valence-electron chi connectivity index (χ3n) is 2.69. The molecule has 20 heavy (non-hydrogen) atoms. The van der Waals surface area contributed by atoms with Crippen LogP contribution in [-0.2, 0) is 9.59 Å². The van der Waals surface area contributed by atoms with E-state index in [9.17, 15) is 9.59 Å². The number of nitrogens with zero attached hydrogens (tertiary/aromatic N) is 1. The fourth-order valence-electron chi connectivity index (χ4n) is 1.85. The Kier molecular flexibility index (Phi) is 4.52. The summed E-state index contributed by atoms with van der Waals surface area (Å²) >= 11 is 1.45. The Labute approximate surface area is 119 Å². The molecule has 0 aliphatic rings. The van der Waals surface area contributed by atoms with Crippen LogP contribution in [0.2, 0.25) is 0 Å². The van der Waals surface area contributed by atoms with Crippen LogP contribution in [0.3, 0.4) is 0 Å². The SMILES string of the molecule is Cc1cc(NC(=O)C[C@@H](CC(=O)O)c2cccs2)no1. The second-order valence-corrected chi connectivity index (χ2v) is 5.36. The van der Waals surface area contributed by atoms with E-state index in [0.717, 1.165) is 4.88 Å². The van der Waals surface area contributed by atoms with Gasteiger partial charge >= 0.3 is 5.97 Å². The highest BCUT2D eigenvalue weighted by Gasteiger charge is 2.20. The van der Waals surface area contributed by atoms with E-state index < -0.39 is 5.97 Å². The van der Waals surface area contributed by atoms with Gasteiger partial charge in [-0.2, -0.15) is 0 Å². The van der Waals surface area contributed by atoms with Crippen molar-refractivity contribution in [2.75, 3.05) is 5.32 Å². The molecule has 0 saturated carbocycles. The van der Waals surface area contributed by atoms with Crippen LogP contribution in [0.1, 0.15) is 29.4 Å². The fourth-order valence-corrected chi connectivity index (χ4v) is 2.68. The maximum absolute atomic E-state index is 11.9. The Hall–Kier alpha value is -2.15. The normalized spacial score (nSPS) is 12.1. The predicted octanol–water partition coefficient (Wildman–Crippen LogP) is 2.63. The molecule has 6 nitrogen and oxygen atoms in total. The summed E-state index contributed by atoms with van der Waals surface area (Å²) in [4.78, 5) is 23.7. The van der Waals surface area contributed by atoms with Gasteiger partial charge in [-0.1, -0.05) is 11.2 Å². The van der Waals surface area contributed by atoms with Crippen molar-refractivity contribution in [2.24, 2.45) is 0 Å². The van der Waals surface area contributed by atoms with Gasteiger partial charge in [-0.25, -0.2) is 0 Å². The number of amides is 1. The molecule has 0 fully saturated rings. The number of anilines is 1. The minimum Gasteiger partial charge on any atom is -0.481 e. The molecule has 0 saturated heterocycles. The number of carbonyl (C=O) groups is 2. The highest BCUT2D eigenvalue weighted by atomic mass is 32.1. The molecular weight excluding hydrogens is 280 g/mol. The number of rotatable bonds is 6. The zero-order valence-corrected chi connectivity index (χ0v) is 11.6. The molecular formula is C13H14N2O4S. The molecule has 0 aromatic carbocycles. The van der Waals surface area contributed by atoms with Crippen LogP contribution in [0.5, 0.6) is 0 Å². The molecule has 7 heteroatoms. The summed E-state index contributed by atoms with van der Waals surface area (Å²) in [5.74, 6) is -0.597. The van der Waals surface area contributed by atoms with Gasteiger partial charge in [0.25, 0.3) is 0 Å². The van der Waals surface area contributed by atoms with E-state index in [4.69, 9.17) is 9.63 Å². The summed E-state index contributed by atoms with van der Waals surface area (Å²) in [5.41, 5.74) is 0. The molecule has 0 unspecified atom stereocenters. The lowest BCUT2D eigenvalue weighted by atomic mass is 9.99. The number of nitrogens with one attached hydrogen (secondary N) is 1. The van der Waals surface area contributed by atoms with E-state index in [1.54, 1.807) is 13.0 Å². The molecule has 0 radical (unpaired) electrons. The molecule has 1 atom stereocenters. The third-order valence-corrected chi connectivity index (χ3v) is 3.73. The Balaban J connectivity index is 2.00. The predicted molar refractivity (Wildman–Crippen MR) is 73.8 cm³/mol. The summed E-state index contributed by atoms with van der Waals surface area (Å²) in [5, 5.41) is 17.1. The zero-order chi connectivity index (χ0) is 14.5. The van der Waals surface area contributed by atoms with E-state index in [-0.39, 0.29) is 24.7 Å². The third kappa shape index (κ3) is 3.92. The van der Waals surface area contributed by atoms with Crippen molar-refractivity contribution in [3.63, 3.8) is 0 Å². The monoisotopic (exact) mass is 294 g/mol. The first-order valence-corrected chi connectivity index (χ1v) is 6.91. The first-order chi connectivity index (χ1) is 9.54. The highest BCUT2D eigenvalue weighted by molar-refractivity contribution is 7.10. The number of carbonyl (C=O) groups excluding carboxylic acids is 1. The number of aliphatic carboxylic acids is 1. The molecule has 0 spiro atoms. The Bertz CT molecular complexity index is 591. The standard InChI is InChI=1S/C13H14N2O4S/c1-8-5-11(15-19-8)14-12(16)6-9(7-13(17)18)10-3-2-4-20-10/h2-5,9H,6-7H2,1H3,(H,17,18)(H,14,15,16)/t9-/m0/s1. The van der Waals surface area contributed by atoms with Gasteiger partial charge in [0.2, 0.25) is 5.91 Å². The largest absolute Gasteiger partial charge is 0.481 e. The van der Waals surface area contributed by atoms with E-state index in [1.807, 2.05) is 17.5 Å². The number of thiophene rings is 1. The molecule has 2 aromatic rings. The number of carboxylic acids is 1. The molecule has 0 bridgehead atoms. The number of aryl methyl sites for hydroxylation is 1. The minimum atomic E-state index is -0.923. The zero-order valence-electron chi connectivity index (χ0n) is 10.8. The van der Waals surface area contributed by atoms with E-state index in [0.29, 0.717) is 11.6 Å². The summed E-state index contributed by atoms with van der Waals surface area (Å²) in [7, 11) is 0. The molecule has 2 N–H and O–H groups in total. The van der Waals surface area contributed by atoms with Crippen LogP contribution in [0.25, 0.3) is 0 Å². The molecule has 1 amide bonds. The Morgan fingerprint density at radius 3 is 2.85 bits per heavy atom. The summed E-state index contributed by atoms with van der Waals surface area (Å²) in [6.07, 6.45) is 0.0184. The Morgan fingerprint density at radius 1 is 1.50 bits per heavy atom. The van der Waals surface area contributed by atoms with Crippen molar-refractivity contribution in [3.8, 4) is 0 Å². The van der Waals surface area contributed by atoms with Gasteiger partial charge in [0.15, 0.2) is 5.82 Å². The highest BCUT2D eigenvalue weighted by Crippen LogP contribution is 2.28. The van der Waals surface area contributed by atoms with Gasteiger partial charge in [0, 0.05) is 23.3 Å². The lowest BCUT2D eigenvalue weighted by molar-refractivity contribution is -0.137. The number of hydrogen-bond acceptors (Lipinski definition) is 5. The molecule has 2 heterocycles. The molecule has 0 aliphatic heterocycles. The number of aromatic nitrogens is 1. The maximum atomic E-state index is 11.9. The van der Waals surface area contributed by atoms with E-state index in [2.05, 4.69) is 10.5 Å². The smallest absolute Gasteiger partial charge is 0.304 e. The van der Waals surface area contributed by atoms with Crippen LogP contribution in [0, 0.1) is 6.92 Å². The summed E-state index contributed by atoms with van der Waals surface area (Å²) < 4.78 is 4.85. The van der Waals surface area contributed by atoms with Crippen LogP contribution in [0.15, 0.2) is 28.1 Å². The molecule has 0 aliphatic carbocycles. The average Bonchev–Trinajstić information content (AvgIpc) is 2.99. The average molecular weight is 294 g/mol. The second kappa shape index (κ2) is 6.33. The van der Waals surface area contributed by atoms with E-state index >= 15 is 0 Å². The van der Waals surface area contributed by atoms with E-state index in [1.165, 1.54) is 11.3 Å². The van der Waals surface area contributed by atoms with Crippen molar-refractivity contribution in [1.29, 1.82) is 0 Å². The molecule has 106 valence electrons.